The molecular weight excluding hydrogens is 879 g/mol. The first kappa shape index (κ1) is 41.4. The zero-order valence-electron chi connectivity index (χ0n) is 30.6. The van der Waals surface area contributed by atoms with Crippen LogP contribution < -0.4 is 11.1 Å². The number of aromatic nitrogens is 6. The van der Waals surface area contributed by atoms with E-state index in [-0.39, 0.29) is 17.3 Å². The van der Waals surface area contributed by atoms with Crippen LogP contribution in [0.3, 0.4) is 0 Å². The minimum atomic E-state index is -1.00. The number of fused-ring (bicyclic) bond motifs is 2. The number of halogens is 6. The molecule has 0 atom stereocenters. The molecule has 0 aliphatic heterocycles. The number of aryl methyl sites for hydroxylation is 2. The van der Waals surface area contributed by atoms with Crippen molar-refractivity contribution in [3.63, 3.8) is 0 Å². The maximum atomic E-state index is 13.3. The fourth-order valence-corrected chi connectivity index (χ4v) is 6.32. The van der Waals surface area contributed by atoms with Gasteiger partial charge in [0.05, 0.1) is 59.9 Å². The molecule has 0 aliphatic carbocycles. The third kappa shape index (κ3) is 10.9. The molecule has 0 spiro atoms. The number of carbonyl (C=O) groups is 2. The number of nitrogens with two attached hydrogens (primary N) is 1. The average molecular weight is 911 g/mol. The van der Waals surface area contributed by atoms with E-state index in [0.29, 0.717) is 61.2 Å². The molecule has 17 heteroatoms. The highest BCUT2D eigenvalue weighted by molar-refractivity contribution is 9.10. The Kier molecular flexibility index (Phi) is 15.0. The van der Waals surface area contributed by atoms with Gasteiger partial charge in [-0.3, -0.25) is 33.9 Å². The van der Waals surface area contributed by atoms with Crippen LogP contribution in [0.15, 0.2) is 94.9 Å². The van der Waals surface area contributed by atoms with Crippen molar-refractivity contribution in [1.82, 2.24) is 34.8 Å². The summed E-state index contributed by atoms with van der Waals surface area (Å²) in [6.45, 7) is 4.57. The zero-order chi connectivity index (χ0) is 41.6. The Morgan fingerprint density at radius 3 is 2.41 bits per heavy atom. The predicted molar refractivity (Wildman–Crippen MR) is 216 cm³/mol. The minimum Gasteiger partial charge on any atom is -0.384 e. The van der Waals surface area contributed by atoms with Crippen molar-refractivity contribution in [2.24, 2.45) is 0 Å². The second kappa shape index (κ2) is 20.2. The number of benzene rings is 1. The van der Waals surface area contributed by atoms with Crippen LogP contribution in [-0.2, 0) is 13.1 Å². The second-order valence-electron chi connectivity index (χ2n) is 11.6. The SMILES string of the molecule is Cc1cc(N)nc(C)c1CNC(=O)c1cn(Cc2ccc3ncc(Cl)cc3c2)c2cncc(C#N)c12.Fc1cncc(Br)c1.O=Cc1c(F)cncc1Br.[2H]CF. The van der Waals surface area contributed by atoms with Crippen molar-refractivity contribution in [2.75, 3.05) is 12.9 Å². The zero-order valence-corrected chi connectivity index (χ0v) is 33.5. The van der Waals surface area contributed by atoms with Gasteiger partial charge >= 0.3 is 0 Å². The highest BCUT2D eigenvalue weighted by atomic mass is 79.9. The number of hydrogen-bond acceptors (Lipinski definition) is 9. The summed E-state index contributed by atoms with van der Waals surface area (Å²) in [4.78, 5) is 43.4. The maximum Gasteiger partial charge on any atom is 0.253 e. The number of hydrogen-bond donors (Lipinski definition) is 2. The lowest BCUT2D eigenvalue weighted by molar-refractivity contribution is 0.0952. The van der Waals surface area contributed by atoms with Gasteiger partial charge in [0.25, 0.3) is 5.91 Å². The minimum absolute atomic E-state index is 0.00926. The van der Waals surface area contributed by atoms with Crippen molar-refractivity contribution >= 4 is 83.3 Å². The molecule has 6 heterocycles. The molecule has 11 nitrogen and oxygen atoms in total. The lowest BCUT2D eigenvalue weighted by Gasteiger charge is -2.11. The number of carbonyl (C=O) groups excluding carboxylic acids is 2. The molecule has 0 saturated heterocycles. The third-order valence-corrected chi connectivity index (χ3v) is 9.17. The largest absolute Gasteiger partial charge is 0.384 e. The van der Waals surface area contributed by atoms with Crippen LogP contribution in [-0.4, -0.2) is 48.8 Å². The first-order valence-corrected chi connectivity index (χ1v) is 18.0. The number of nitrogen functional groups attached to an aromatic ring is 1. The molecule has 1 amide bonds. The van der Waals surface area contributed by atoms with Gasteiger partial charge < -0.3 is 15.6 Å². The Labute approximate surface area is 342 Å². The van der Waals surface area contributed by atoms with E-state index in [1.54, 1.807) is 24.7 Å². The van der Waals surface area contributed by atoms with Gasteiger partial charge in [-0.05, 0) is 92.7 Å². The molecule has 7 rings (SSSR count). The molecule has 0 unspecified atom stereocenters. The summed E-state index contributed by atoms with van der Waals surface area (Å²) in [6.07, 6.45) is 12.0. The fourth-order valence-electron chi connectivity index (χ4n) is 5.42. The van der Waals surface area contributed by atoms with Gasteiger partial charge in [0.1, 0.15) is 17.7 Å². The van der Waals surface area contributed by atoms with Gasteiger partial charge in [-0.25, -0.2) is 13.8 Å². The van der Waals surface area contributed by atoms with Crippen LogP contribution in [0.2, 0.25) is 5.02 Å². The molecule has 0 aliphatic rings. The number of nitrogens with one attached hydrogen (secondary N) is 1. The van der Waals surface area contributed by atoms with Gasteiger partial charge in [0.2, 0.25) is 0 Å². The number of alkyl halides is 1. The van der Waals surface area contributed by atoms with E-state index >= 15 is 0 Å². The molecule has 0 radical (unpaired) electrons. The second-order valence-corrected chi connectivity index (χ2v) is 13.8. The first-order valence-electron chi connectivity index (χ1n) is 16.8. The standard InChI is InChI=1S/C27H22ClN7O.C6H3BrFNO.C5H3BrFN.CH3F/c1-15-5-25(30)34-16(2)21(15)11-33-27(36)22-14-35(24-12-31-9-19(8-29)26(22)24)13-17-3-4-23-18(6-17)7-20(28)10-32-23;7-5-1-9-2-6(8)4(5)3-10;6-4-1-5(7)3-8-2-4;1-2/h3-7,9-10,12,14H,11,13H2,1-2H3,(H2,30,34)(H,33,36);1-3H;1-3H;1H3/i;;;1D. The fraction of sp³-hybridized carbons (Fsp3) is 0.128. The van der Waals surface area contributed by atoms with Gasteiger partial charge in [-0.1, -0.05) is 17.7 Å². The van der Waals surface area contributed by atoms with Crippen LogP contribution >= 0.6 is 43.5 Å². The number of nitrogens with zero attached hydrogens (tertiary/aromatic N) is 7. The summed E-state index contributed by atoms with van der Waals surface area (Å²) < 4.78 is 43.1. The molecule has 56 heavy (non-hydrogen) atoms. The molecule has 0 saturated carbocycles. The molecule has 0 fully saturated rings. The van der Waals surface area contributed by atoms with E-state index < -0.39 is 13.0 Å². The summed E-state index contributed by atoms with van der Waals surface area (Å²) in [6, 6.07) is 13.1. The highest BCUT2D eigenvalue weighted by Crippen LogP contribution is 2.27. The molecule has 1 aromatic carbocycles. The Balaban J connectivity index is 0.000000278. The van der Waals surface area contributed by atoms with Crippen LogP contribution in [0.4, 0.5) is 19.0 Å². The molecule has 3 N–H and O–H groups in total. The number of nitriles is 1. The predicted octanol–water partition coefficient (Wildman–Crippen LogP) is 9.05. The van der Waals surface area contributed by atoms with E-state index in [4.69, 9.17) is 18.7 Å². The lowest BCUT2D eigenvalue weighted by Crippen LogP contribution is -2.24. The van der Waals surface area contributed by atoms with Crippen LogP contribution in [0.25, 0.3) is 21.8 Å². The number of amides is 1. The summed E-state index contributed by atoms with van der Waals surface area (Å²) >= 11 is 12.2. The maximum absolute atomic E-state index is 13.3. The Hall–Kier alpha value is -5.76. The number of pyridine rings is 5. The monoisotopic (exact) mass is 908 g/mol. The van der Waals surface area contributed by atoms with Crippen LogP contribution in [0.5, 0.6) is 0 Å². The summed E-state index contributed by atoms with van der Waals surface area (Å²) in [7, 11) is -1.00. The topological polar surface area (TPSA) is 165 Å². The molecule has 7 aromatic rings. The van der Waals surface area contributed by atoms with E-state index in [9.17, 15) is 28.0 Å². The van der Waals surface area contributed by atoms with Gasteiger partial charge in [-0.2, -0.15) is 5.26 Å². The first-order chi connectivity index (χ1) is 27.3. The quantitative estimate of drug-likeness (QED) is 0.155. The Morgan fingerprint density at radius 1 is 1.05 bits per heavy atom. The summed E-state index contributed by atoms with van der Waals surface area (Å²) in [5.41, 5.74) is 11.8. The average Bonchev–Trinajstić information content (AvgIpc) is 3.53. The summed E-state index contributed by atoms with van der Waals surface area (Å²) in [5, 5.41) is 14.8. The van der Waals surface area contributed by atoms with Gasteiger partial charge in [-0.15, -0.1) is 0 Å². The molecule has 6 aromatic heterocycles. The van der Waals surface area contributed by atoms with Crippen molar-refractivity contribution in [3.8, 4) is 6.07 Å². The lowest BCUT2D eigenvalue weighted by atomic mass is 10.1. The Morgan fingerprint density at radius 2 is 1.79 bits per heavy atom. The van der Waals surface area contributed by atoms with E-state index in [0.717, 1.165) is 45.7 Å². The highest BCUT2D eigenvalue weighted by Gasteiger charge is 2.20. The molecule has 286 valence electrons. The number of anilines is 1. The Bertz CT molecular complexity index is 2530. The third-order valence-electron chi connectivity index (χ3n) is 7.90. The summed E-state index contributed by atoms with van der Waals surface area (Å²) in [5.74, 6) is -0.767. The van der Waals surface area contributed by atoms with Crippen molar-refractivity contribution in [1.29, 1.82) is 5.26 Å². The van der Waals surface area contributed by atoms with Crippen molar-refractivity contribution in [3.05, 3.63) is 151 Å². The van der Waals surface area contributed by atoms with Crippen LogP contribution in [0.1, 0.15) is 50.0 Å². The van der Waals surface area contributed by atoms with Crippen molar-refractivity contribution < 1.29 is 24.1 Å². The van der Waals surface area contributed by atoms with E-state index in [1.807, 2.05) is 42.7 Å². The van der Waals surface area contributed by atoms with E-state index in [1.165, 1.54) is 24.7 Å². The number of aldehydes is 1. The van der Waals surface area contributed by atoms with Crippen molar-refractivity contribution in [2.45, 2.75) is 26.9 Å². The number of rotatable bonds is 6. The van der Waals surface area contributed by atoms with Crippen LogP contribution in [0, 0.1) is 36.8 Å². The van der Waals surface area contributed by atoms with E-state index in [2.05, 4.69) is 68.2 Å². The smallest absolute Gasteiger partial charge is 0.253 e. The molecule has 0 bridgehead atoms. The normalized spacial score (nSPS) is 10.4. The molecular formula is C39H31Br2ClF3N9O2. The van der Waals surface area contributed by atoms with Gasteiger partial charge in [0.15, 0.2) is 12.1 Å². The van der Waals surface area contributed by atoms with Gasteiger partial charge in [0, 0.05) is 69.5 Å².